The van der Waals surface area contributed by atoms with Crippen LogP contribution in [0, 0.1) is 0 Å². The van der Waals surface area contributed by atoms with Crippen LogP contribution in [0.1, 0.15) is 11.1 Å². The fourth-order valence-electron chi connectivity index (χ4n) is 4.39. The second-order valence-electron chi connectivity index (χ2n) is 12.9. The second kappa shape index (κ2) is 15.4. The van der Waals surface area contributed by atoms with Gasteiger partial charge in [-0.15, -0.1) is 0 Å². The first-order valence-electron chi connectivity index (χ1n) is 14.8. The van der Waals surface area contributed by atoms with Gasteiger partial charge in [0.25, 0.3) is 0 Å². The third kappa shape index (κ3) is 7.20. The Morgan fingerprint density at radius 1 is 0.176 bits per heavy atom. The van der Waals surface area contributed by atoms with Crippen molar-refractivity contribution in [2.45, 2.75) is 119 Å². The van der Waals surface area contributed by atoms with Crippen LogP contribution in [0.5, 0.6) is 0 Å². The molecule has 0 aliphatic carbocycles. The van der Waals surface area contributed by atoms with Gasteiger partial charge in [-0.3, -0.25) is 0 Å². The maximum atomic E-state index is 14.7. The molecule has 0 bridgehead atoms. The third-order valence-electron chi connectivity index (χ3n) is 8.61. The largest absolute Gasteiger partial charge is 0.460 e. The minimum atomic E-state index is -9.87. The van der Waals surface area contributed by atoms with E-state index in [-0.39, 0.29) is 0 Å². The molecule has 0 saturated carbocycles. The van der Waals surface area contributed by atoms with E-state index in [1.54, 1.807) is 0 Å². The average molecular weight is 1110 g/mol. The Hall–Kier alpha value is -3.72. The summed E-state index contributed by atoms with van der Waals surface area (Å²) in [7, 11) is 0. The van der Waals surface area contributed by atoms with Crippen LogP contribution in [-0.4, -0.2) is 107 Å². The van der Waals surface area contributed by atoms with Crippen LogP contribution in [0.4, 0.5) is 184 Å². The number of hydrogen-bond donors (Lipinski definition) is 0. The lowest BCUT2D eigenvalue weighted by atomic mass is 9.83. The van der Waals surface area contributed by atoms with Crippen molar-refractivity contribution in [3.8, 4) is 0 Å². The van der Waals surface area contributed by atoms with Crippen LogP contribution in [0.25, 0.3) is 0 Å². The number of halogens is 42. The first-order valence-corrected chi connectivity index (χ1v) is 14.8. The Kier molecular flexibility index (Phi) is 14.1. The SMILES string of the molecule is FC(F)(F)C(F)(F)C(F)(F)C(F)(F)C(F)(F)C(F)(F)C(F)(F)C(F)(F)C(F)(F)C(F)(F)c1cccc(C(F)(F)C(F)(F)C(F)(F)C(F)(F)C(F)(F)C(F)(F)C(F)(F)C(F)(F)C(F)(F)C(F)(F)F)c1. The van der Waals surface area contributed by atoms with Crippen LogP contribution >= 0.6 is 0 Å². The van der Waals surface area contributed by atoms with E-state index in [9.17, 15) is 184 Å². The van der Waals surface area contributed by atoms with Crippen molar-refractivity contribution in [1.29, 1.82) is 0 Å². The van der Waals surface area contributed by atoms with Crippen LogP contribution < -0.4 is 0 Å². The predicted octanol–water partition coefficient (Wildman–Crippen LogP) is 15.2. The van der Waals surface area contributed by atoms with Crippen molar-refractivity contribution in [1.82, 2.24) is 0 Å². The van der Waals surface area contributed by atoms with Gasteiger partial charge in [0.1, 0.15) is 0 Å². The number of hydrogen-bond acceptors (Lipinski definition) is 0. The highest BCUT2D eigenvalue weighted by Gasteiger charge is 3.00. The summed E-state index contributed by atoms with van der Waals surface area (Å²) < 4.78 is 574. The summed E-state index contributed by atoms with van der Waals surface area (Å²) in [5.74, 6) is -169. The normalized spacial score (nSPS) is 17.0. The quantitative estimate of drug-likeness (QED) is 0.129. The van der Waals surface area contributed by atoms with Crippen molar-refractivity contribution in [3.63, 3.8) is 0 Å². The maximum absolute atomic E-state index is 14.7. The molecule has 0 amide bonds. The molecular weight excluding hydrogens is 1110 g/mol. The van der Waals surface area contributed by atoms with Gasteiger partial charge in [-0.2, -0.15) is 184 Å². The van der Waals surface area contributed by atoms with E-state index in [4.69, 9.17) is 0 Å². The van der Waals surface area contributed by atoms with Crippen molar-refractivity contribution in [3.05, 3.63) is 35.4 Å². The van der Waals surface area contributed by atoms with Gasteiger partial charge >= 0.3 is 119 Å². The molecule has 1 aromatic carbocycles. The summed E-state index contributed by atoms with van der Waals surface area (Å²) in [4.78, 5) is 0. The van der Waals surface area contributed by atoms with Gasteiger partial charge in [0.15, 0.2) is 0 Å². The number of rotatable bonds is 18. The van der Waals surface area contributed by atoms with Crippen LogP contribution in [-0.2, 0) is 11.8 Å². The molecule has 1 rings (SSSR count). The van der Waals surface area contributed by atoms with Gasteiger partial charge in [-0.05, 0) is 6.07 Å². The van der Waals surface area contributed by atoms with E-state index in [2.05, 4.69) is 0 Å². The molecule has 68 heavy (non-hydrogen) atoms. The van der Waals surface area contributed by atoms with Gasteiger partial charge in [-0.1, -0.05) is 18.2 Å². The van der Waals surface area contributed by atoms with Gasteiger partial charge in [-0.25, -0.2) is 0 Å². The average Bonchev–Trinajstić information content (AvgIpc) is 3.12. The predicted molar refractivity (Wildman–Crippen MR) is 125 cm³/mol. The Labute approximate surface area is 340 Å². The zero-order valence-corrected chi connectivity index (χ0v) is 29.2. The molecule has 0 aromatic heterocycles. The Balaban J connectivity index is 4.11. The van der Waals surface area contributed by atoms with Crippen LogP contribution in [0.3, 0.4) is 0 Å². The third-order valence-corrected chi connectivity index (χ3v) is 8.61. The summed E-state index contributed by atoms with van der Waals surface area (Å²) in [6, 6.07) is -6.85. The summed E-state index contributed by atoms with van der Waals surface area (Å²) in [5, 5.41) is 0. The highest BCUT2D eigenvalue weighted by molar-refractivity contribution is 5.35. The summed E-state index contributed by atoms with van der Waals surface area (Å²) in [6.45, 7) is 0. The minimum absolute atomic E-state index is 1.33. The molecular formula is C26H4F42. The molecule has 1 aromatic rings. The standard InChI is InChI=1S/C26H4F42/c27-7(28,9(31,32)11(35,36)13(39,40)15(43,44)17(47,48)19(51,52)21(55,56)23(59,60)25(63,64)65)5-2-1-3-6(4-5)8(29,30)10(33,34)12(37,38)14(41,42)16(45,46)18(49,50)20(53,54)22(57,58)24(61,62)26(66,67)68/h1-4H. The zero-order chi connectivity index (χ0) is 56.0. The second-order valence-corrected chi connectivity index (χ2v) is 12.9. The number of benzene rings is 1. The number of alkyl halides is 42. The molecule has 0 N–H and O–H groups in total. The van der Waals surface area contributed by atoms with Crippen LogP contribution in [0.15, 0.2) is 24.3 Å². The van der Waals surface area contributed by atoms with Gasteiger partial charge in [0, 0.05) is 11.1 Å². The van der Waals surface area contributed by atoms with Gasteiger partial charge < -0.3 is 0 Å². The van der Waals surface area contributed by atoms with E-state index in [1.807, 2.05) is 0 Å². The summed E-state index contributed by atoms with van der Waals surface area (Å²) in [5.41, 5.74) is -8.47. The van der Waals surface area contributed by atoms with Crippen molar-refractivity contribution < 1.29 is 184 Å². The lowest BCUT2D eigenvalue weighted by molar-refractivity contribution is -0.475. The zero-order valence-electron chi connectivity index (χ0n) is 29.2. The Morgan fingerprint density at radius 2 is 0.309 bits per heavy atom. The Morgan fingerprint density at radius 3 is 0.456 bits per heavy atom. The molecule has 0 unspecified atom stereocenters. The minimum Gasteiger partial charge on any atom is -0.194 e. The van der Waals surface area contributed by atoms with E-state index < -0.39 is 154 Å². The van der Waals surface area contributed by atoms with E-state index >= 15 is 0 Å². The molecule has 0 heterocycles. The van der Waals surface area contributed by atoms with E-state index in [0.29, 0.717) is 0 Å². The highest BCUT2D eigenvalue weighted by atomic mass is 19.5. The van der Waals surface area contributed by atoms with Crippen molar-refractivity contribution in [2.24, 2.45) is 0 Å². The lowest BCUT2D eigenvalue weighted by Crippen LogP contribution is -2.76. The molecule has 402 valence electrons. The van der Waals surface area contributed by atoms with Gasteiger partial charge in [0.2, 0.25) is 0 Å². The first-order chi connectivity index (χ1) is 28.7. The first kappa shape index (κ1) is 62.3. The highest BCUT2D eigenvalue weighted by Crippen LogP contribution is 2.69. The molecule has 0 atom stereocenters. The summed E-state index contributed by atoms with van der Waals surface area (Å²) >= 11 is 0. The fourth-order valence-corrected chi connectivity index (χ4v) is 4.39. The molecule has 0 aliphatic rings. The van der Waals surface area contributed by atoms with Gasteiger partial charge in [0.05, 0.1) is 0 Å². The molecule has 0 aliphatic heterocycles. The van der Waals surface area contributed by atoms with Crippen molar-refractivity contribution >= 4 is 0 Å². The smallest absolute Gasteiger partial charge is 0.194 e. The van der Waals surface area contributed by atoms with Crippen molar-refractivity contribution in [2.75, 3.05) is 0 Å². The molecule has 0 radical (unpaired) electrons. The Bertz CT molecular complexity index is 1850. The molecule has 0 saturated heterocycles. The molecule has 0 spiro atoms. The van der Waals surface area contributed by atoms with E-state index in [0.717, 1.165) is 0 Å². The van der Waals surface area contributed by atoms with Crippen LogP contribution in [0.2, 0.25) is 0 Å². The molecule has 42 heteroatoms. The van der Waals surface area contributed by atoms with E-state index in [1.165, 1.54) is 0 Å². The summed E-state index contributed by atoms with van der Waals surface area (Å²) in [6.07, 6.45) is -16.8. The maximum Gasteiger partial charge on any atom is 0.460 e. The molecule has 0 fully saturated rings. The molecule has 0 nitrogen and oxygen atoms in total. The lowest BCUT2D eigenvalue weighted by Gasteiger charge is -2.45. The monoisotopic (exact) mass is 1110 g/mol. The fraction of sp³-hybridized carbons (Fsp3) is 0.769. The topological polar surface area (TPSA) is 0 Å².